The van der Waals surface area contributed by atoms with Crippen LogP contribution in [0.3, 0.4) is 0 Å². The molecule has 1 heterocycles. The first kappa shape index (κ1) is 16.0. The fourth-order valence-electron chi connectivity index (χ4n) is 2.99. The highest BCUT2D eigenvalue weighted by molar-refractivity contribution is 5.35. The van der Waals surface area contributed by atoms with Crippen LogP contribution in [0, 0.1) is 6.92 Å². The molecule has 122 valence electrons. The van der Waals surface area contributed by atoms with Gasteiger partial charge in [0.05, 0.1) is 13.2 Å². The monoisotopic (exact) mass is 311 g/mol. The average Bonchev–Trinajstić information content (AvgIpc) is 2.62. The van der Waals surface area contributed by atoms with Crippen LogP contribution in [-0.4, -0.2) is 26.3 Å². The van der Waals surface area contributed by atoms with Gasteiger partial charge in [-0.05, 0) is 56.1 Å². The smallest absolute Gasteiger partial charge is 0.118 e. The average molecular weight is 311 g/mol. The van der Waals surface area contributed by atoms with E-state index in [1.54, 1.807) is 7.11 Å². The third-order valence-corrected chi connectivity index (χ3v) is 4.41. The Morgan fingerprint density at radius 1 is 0.913 bits per heavy atom. The van der Waals surface area contributed by atoms with Crippen molar-refractivity contribution in [3.63, 3.8) is 0 Å². The van der Waals surface area contributed by atoms with Gasteiger partial charge in [-0.3, -0.25) is 0 Å². The van der Waals surface area contributed by atoms with E-state index in [1.807, 2.05) is 12.1 Å². The molecule has 3 nitrogen and oxygen atoms in total. The van der Waals surface area contributed by atoms with Gasteiger partial charge in [-0.1, -0.05) is 42.0 Å². The van der Waals surface area contributed by atoms with Gasteiger partial charge in [0.1, 0.15) is 11.9 Å². The highest BCUT2D eigenvalue weighted by Gasteiger charge is 2.22. The second kappa shape index (κ2) is 7.62. The molecule has 0 radical (unpaired) electrons. The van der Waals surface area contributed by atoms with Gasteiger partial charge >= 0.3 is 0 Å². The maximum atomic E-state index is 6.50. The molecule has 0 spiro atoms. The van der Waals surface area contributed by atoms with Crippen LogP contribution in [0.2, 0.25) is 0 Å². The van der Waals surface area contributed by atoms with Crippen LogP contribution in [-0.2, 0) is 4.74 Å². The lowest BCUT2D eigenvalue weighted by molar-refractivity contribution is -0.00807. The summed E-state index contributed by atoms with van der Waals surface area (Å²) in [5, 5.41) is 3.39. The van der Waals surface area contributed by atoms with Crippen molar-refractivity contribution in [2.45, 2.75) is 32.0 Å². The number of methoxy groups -OCH3 is 1. The predicted octanol–water partition coefficient (Wildman–Crippen LogP) is 3.86. The van der Waals surface area contributed by atoms with Gasteiger partial charge in [-0.15, -0.1) is 0 Å². The molecule has 2 aromatic rings. The van der Waals surface area contributed by atoms with E-state index in [-0.39, 0.29) is 6.10 Å². The fraction of sp³-hybridized carbons (Fsp3) is 0.400. The van der Waals surface area contributed by atoms with Crippen molar-refractivity contribution in [2.75, 3.05) is 20.2 Å². The van der Waals surface area contributed by atoms with Gasteiger partial charge in [0.15, 0.2) is 0 Å². The van der Waals surface area contributed by atoms with Crippen LogP contribution in [0.15, 0.2) is 48.5 Å². The quantitative estimate of drug-likeness (QED) is 0.909. The standard InChI is InChI=1S/C20H25NO2/c1-15-3-5-16(6-4-15)20(23-19-11-13-21-14-12-19)17-7-9-18(22-2)10-8-17/h3-10,19-21H,11-14H2,1-2H3. The molecule has 0 amide bonds. The van der Waals surface area contributed by atoms with E-state index in [4.69, 9.17) is 9.47 Å². The van der Waals surface area contributed by atoms with Crippen molar-refractivity contribution in [2.24, 2.45) is 0 Å². The summed E-state index contributed by atoms with van der Waals surface area (Å²) in [7, 11) is 1.69. The molecule has 0 saturated carbocycles. The normalized spacial score (nSPS) is 17.0. The Bertz CT molecular complexity index is 601. The van der Waals surface area contributed by atoms with Gasteiger partial charge in [0.2, 0.25) is 0 Å². The zero-order valence-corrected chi connectivity index (χ0v) is 13.9. The van der Waals surface area contributed by atoms with Crippen LogP contribution in [0.5, 0.6) is 5.75 Å². The zero-order chi connectivity index (χ0) is 16.1. The first-order valence-corrected chi connectivity index (χ1v) is 8.33. The molecule has 1 aliphatic rings. The van der Waals surface area contributed by atoms with Crippen LogP contribution >= 0.6 is 0 Å². The molecular formula is C20H25NO2. The number of nitrogens with one attached hydrogen (secondary N) is 1. The molecule has 1 aliphatic heterocycles. The van der Waals surface area contributed by atoms with Crippen molar-refractivity contribution < 1.29 is 9.47 Å². The lowest BCUT2D eigenvalue weighted by Crippen LogP contribution is -2.33. The lowest BCUT2D eigenvalue weighted by atomic mass is 9.99. The third-order valence-electron chi connectivity index (χ3n) is 4.41. The van der Waals surface area contributed by atoms with E-state index >= 15 is 0 Å². The fourth-order valence-corrected chi connectivity index (χ4v) is 2.99. The van der Waals surface area contributed by atoms with E-state index in [0.29, 0.717) is 6.10 Å². The number of ether oxygens (including phenoxy) is 2. The Kier molecular flexibility index (Phi) is 5.31. The topological polar surface area (TPSA) is 30.5 Å². The van der Waals surface area contributed by atoms with Crippen LogP contribution in [0.1, 0.15) is 35.6 Å². The molecule has 1 fully saturated rings. The predicted molar refractivity (Wildman–Crippen MR) is 93.0 cm³/mol. The molecule has 2 aromatic carbocycles. The molecular weight excluding hydrogens is 286 g/mol. The molecule has 1 N–H and O–H groups in total. The molecule has 3 rings (SSSR count). The highest BCUT2D eigenvalue weighted by Crippen LogP contribution is 2.30. The van der Waals surface area contributed by atoms with Crippen molar-refractivity contribution >= 4 is 0 Å². The van der Waals surface area contributed by atoms with Crippen LogP contribution < -0.4 is 10.1 Å². The minimum Gasteiger partial charge on any atom is -0.497 e. The van der Waals surface area contributed by atoms with Gasteiger partial charge in [-0.25, -0.2) is 0 Å². The minimum atomic E-state index is -0.0235. The summed E-state index contributed by atoms with van der Waals surface area (Å²) in [5.41, 5.74) is 3.65. The summed E-state index contributed by atoms with van der Waals surface area (Å²) in [5.74, 6) is 0.873. The van der Waals surface area contributed by atoms with Crippen LogP contribution in [0.4, 0.5) is 0 Å². The summed E-state index contributed by atoms with van der Waals surface area (Å²) in [6.07, 6.45) is 2.42. The largest absolute Gasteiger partial charge is 0.497 e. The number of aryl methyl sites for hydroxylation is 1. The van der Waals surface area contributed by atoms with E-state index in [1.165, 1.54) is 16.7 Å². The molecule has 3 heteroatoms. The first-order valence-electron chi connectivity index (χ1n) is 8.33. The number of benzene rings is 2. The molecule has 1 atom stereocenters. The number of rotatable bonds is 5. The van der Waals surface area contributed by atoms with E-state index in [2.05, 4.69) is 48.6 Å². The van der Waals surface area contributed by atoms with Gasteiger partial charge in [0, 0.05) is 0 Å². The summed E-state index contributed by atoms with van der Waals surface area (Å²) >= 11 is 0. The molecule has 0 aromatic heterocycles. The summed E-state index contributed by atoms with van der Waals surface area (Å²) in [6, 6.07) is 16.9. The van der Waals surface area contributed by atoms with Crippen molar-refractivity contribution in [1.29, 1.82) is 0 Å². The Labute approximate surface area is 138 Å². The summed E-state index contributed by atoms with van der Waals surface area (Å²) < 4.78 is 11.8. The Morgan fingerprint density at radius 2 is 1.48 bits per heavy atom. The van der Waals surface area contributed by atoms with Crippen molar-refractivity contribution in [3.05, 3.63) is 65.2 Å². The lowest BCUT2D eigenvalue weighted by Gasteiger charge is -2.29. The molecule has 0 bridgehead atoms. The number of piperidine rings is 1. The molecule has 1 unspecified atom stereocenters. The third kappa shape index (κ3) is 4.12. The molecule has 23 heavy (non-hydrogen) atoms. The Morgan fingerprint density at radius 3 is 2.04 bits per heavy atom. The van der Waals surface area contributed by atoms with E-state index < -0.39 is 0 Å². The van der Waals surface area contributed by atoms with E-state index in [9.17, 15) is 0 Å². The Balaban J connectivity index is 1.86. The summed E-state index contributed by atoms with van der Waals surface area (Å²) in [6.45, 7) is 4.18. The Hall–Kier alpha value is -1.84. The zero-order valence-electron chi connectivity index (χ0n) is 13.9. The summed E-state index contributed by atoms with van der Waals surface area (Å²) in [4.78, 5) is 0. The van der Waals surface area contributed by atoms with Crippen molar-refractivity contribution in [3.8, 4) is 5.75 Å². The minimum absolute atomic E-state index is 0.0235. The second-order valence-corrected chi connectivity index (χ2v) is 6.15. The van der Waals surface area contributed by atoms with Gasteiger partial charge < -0.3 is 14.8 Å². The molecule has 1 saturated heterocycles. The highest BCUT2D eigenvalue weighted by atomic mass is 16.5. The number of hydrogen-bond acceptors (Lipinski definition) is 3. The maximum Gasteiger partial charge on any atom is 0.118 e. The number of hydrogen-bond donors (Lipinski definition) is 1. The second-order valence-electron chi connectivity index (χ2n) is 6.15. The van der Waals surface area contributed by atoms with Crippen LogP contribution in [0.25, 0.3) is 0 Å². The molecule has 0 aliphatic carbocycles. The van der Waals surface area contributed by atoms with Gasteiger partial charge in [0.25, 0.3) is 0 Å². The van der Waals surface area contributed by atoms with Gasteiger partial charge in [-0.2, -0.15) is 0 Å². The van der Waals surface area contributed by atoms with Crippen molar-refractivity contribution in [1.82, 2.24) is 5.32 Å². The SMILES string of the molecule is COc1ccc(C(OC2CCNCC2)c2ccc(C)cc2)cc1. The van der Waals surface area contributed by atoms with E-state index in [0.717, 1.165) is 31.7 Å². The maximum absolute atomic E-state index is 6.50. The first-order chi connectivity index (χ1) is 11.3.